The molecule has 0 aliphatic rings. The molecule has 5 nitrogen and oxygen atoms in total. The van der Waals surface area contributed by atoms with Crippen LogP contribution in [0.3, 0.4) is 0 Å². The highest BCUT2D eigenvalue weighted by Crippen LogP contribution is 2.14. The van der Waals surface area contributed by atoms with Crippen LogP contribution in [0.2, 0.25) is 0 Å². The van der Waals surface area contributed by atoms with Crippen LogP contribution >= 0.6 is 0 Å². The van der Waals surface area contributed by atoms with E-state index in [1.165, 1.54) is 0 Å². The van der Waals surface area contributed by atoms with Gasteiger partial charge in [0.2, 0.25) is 5.91 Å². The predicted octanol–water partition coefficient (Wildman–Crippen LogP) is 1.19. The molecular weight excluding hydrogens is 242 g/mol. The first-order valence-electron chi connectivity index (χ1n) is 5.88. The second-order valence-corrected chi connectivity index (χ2v) is 3.99. The third-order valence-electron chi connectivity index (χ3n) is 2.66. The van der Waals surface area contributed by atoms with Crippen molar-refractivity contribution in [1.82, 2.24) is 10.4 Å². The van der Waals surface area contributed by atoms with E-state index in [4.69, 9.17) is 10.6 Å². The van der Waals surface area contributed by atoms with Gasteiger partial charge in [-0.3, -0.25) is 15.2 Å². The molecular formula is C14H15N3O2. The number of pyridine rings is 1. The van der Waals surface area contributed by atoms with Crippen LogP contribution in [-0.2, 0) is 17.8 Å². The van der Waals surface area contributed by atoms with E-state index in [1.54, 1.807) is 12.4 Å². The number of benzene rings is 1. The Kier molecular flexibility index (Phi) is 4.47. The number of carbonyl (C=O) groups is 1. The average Bonchev–Trinajstić information content (AvgIpc) is 2.47. The Labute approximate surface area is 111 Å². The topological polar surface area (TPSA) is 77.2 Å². The SMILES string of the molecule is NNC(=O)Cc1ccccc1COc1cccnc1. The highest BCUT2D eigenvalue weighted by atomic mass is 16.5. The molecule has 0 saturated heterocycles. The lowest BCUT2D eigenvalue weighted by molar-refractivity contribution is -0.120. The summed E-state index contributed by atoms with van der Waals surface area (Å²) in [6.45, 7) is 0.389. The number of carbonyl (C=O) groups excluding carboxylic acids is 1. The molecule has 19 heavy (non-hydrogen) atoms. The molecule has 0 atom stereocenters. The van der Waals surface area contributed by atoms with E-state index in [0.717, 1.165) is 11.1 Å². The zero-order chi connectivity index (χ0) is 13.5. The van der Waals surface area contributed by atoms with Gasteiger partial charge in [0.15, 0.2) is 0 Å². The maximum absolute atomic E-state index is 11.3. The molecule has 0 radical (unpaired) electrons. The first kappa shape index (κ1) is 13.0. The van der Waals surface area contributed by atoms with Gasteiger partial charge in [0, 0.05) is 6.20 Å². The molecule has 1 aromatic heterocycles. The predicted molar refractivity (Wildman–Crippen MR) is 71.0 cm³/mol. The van der Waals surface area contributed by atoms with E-state index in [2.05, 4.69) is 10.4 Å². The van der Waals surface area contributed by atoms with Gasteiger partial charge in [-0.15, -0.1) is 0 Å². The van der Waals surface area contributed by atoms with Crippen LogP contribution in [0.15, 0.2) is 48.8 Å². The monoisotopic (exact) mass is 257 g/mol. The second-order valence-electron chi connectivity index (χ2n) is 3.99. The summed E-state index contributed by atoms with van der Waals surface area (Å²) in [5.41, 5.74) is 3.98. The summed E-state index contributed by atoms with van der Waals surface area (Å²) in [6.07, 6.45) is 3.57. The minimum atomic E-state index is -0.228. The van der Waals surface area contributed by atoms with Crippen LogP contribution in [0.4, 0.5) is 0 Å². The van der Waals surface area contributed by atoms with E-state index in [0.29, 0.717) is 12.4 Å². The van der Waals surface area contributed by atoms with E-state index in [9.17, 15) is 4.79 Å². The normalized spacial score (nSPS) is 9.95. The third-order valence-corrected chi connectivity index (χ3v) is 2.66. The van der Waals surface area contributed by atoms with Crippen molar-refractivity contribution in [1.29, 1.82) is 0 Å². The largest absolute Gasteiger partial charge is 0.487 e. The number of nitrogens with zero attached hydrogens (tertiary/aromatic N) is 1. The van der Waals surface area contributed by atoms with Crippen molar-refractivity contribution in [2.24, 2.45) is 5.84 Å². The number of hydrogen-bond acceptors (Lipinski definition) is 4. The summed E-state index contributed by atoms with van der Waals surface area (Å²) < 4.78 is 5.62. The lowest BCUT2D eigenvalue weighted by Crippen LogP contribution is -2.31. The van der Waals surface area contributed by atoms with Gasteiger partial charge in [0.1, 0.15) is 12.4 Å². The van der Waals surface area contributed by atoms with Gasteiger partial charge < -0.3 is 4.74 Å². The van der Waals surface area contributed by atoms with E-state index < -0.39 is 0 Å². The highest BCUT2D eigenvalue weighted by molar-refractivity contribution is 5.78. The van der Waals surface area contributed by atoms with Gasteiger partial charge >= 0.3 is 0 Å². The van der Waals surface area contributed by atoms with Crippen molar-refractivity contribution in [3.8, 4) is 5.75 Å². The zero-order valence-corrected chi connectivity index (χ0v) is 10.4. The van der Waals surface area contributed by atoms with E-state index in [1.807, 2.05) is 36.4 Å². The zero-order valence-electron chi connectivity index (χ0n) is 10.4. The van der Waals surface area contributed by atoms with E-state index in [-0.39, 0.29) is 12.3 Å². The van der Waals surface area contributed by atoms with Gasteiger partial charge in [0.05, 0.1) is 12.6 Å². The Morgan fingerprint density at radius 2 is 2.00 bits per heavy atom. The maximum Gasteiger partial charge on any atom is 0.238 e. The number of ether oxygens (including phenoxy) is 1. The van der Waals surface area contributed by atoms with Crippen molar-refractivity contribution in [2.45, 2.75) is 13.0 Å². The first-order valence-corrected chi connectivity index (χ1v) is 5.88. The molecule has 0 bridgehead atoms. The van der Waals surface area contributed by atoms with Crippen LogP contribution in [0.5, 0.6) is 5.75 Å². The van der Waals surface area contributed by atoms with Gasteiger partial charge in [-0.2, -0.15) is 0 Å². The van der Waals surface area contributed by atoms with Gasteiger partial charge in [-0.05, 0) is 23.3 Å². The number of nitrogens with one attached hydrogen (secondary N) is 1. The van der Waals surface area contributed by atoms with Gasteiger partial charge in [-0.1, -0.05) is 24.3 Å². The Morgan fingerprint density at radius 3 is 2.68 bits per heavy atom. The van der Waals surface area contributed by atoms with Crippen LogP contribution in [-0.4, -0.2) is 10.9 Å². The third kappa shape index (κ3) is 3.79. The molecule has 0 unspecified atom stereocenters. The molecule has 1 aromatic carbocycles. The Hall–Kier alpha value is -2.40. The standard InChI is InChI=1S/C14H15N3O2/c15-17-14(18)8-11-4-1-2-5-12(11)10-19-13-6-3-7-16-9-13/h1-7,9H,8,10,15H2,(H,17,18). The van der Waals surface area contributed by atoms with Crippen molar-refractivity contribution >= 4 is 5.91 Å². The van der Waals surface area contributed by atoms with Crippen LogP contribution < -0.4 is 16.0 Å². The molecule has 0 saturated carbocycles. The fourth-order valence-corrected chi connectivity index (χ4v) is 1.69. The highest BCUT2D eigenvalue weighted by Gasteiger charge is 2.07. The molecule has 0 fully saturated rings. The minimum Gasteiger partial charge on any atom is -0.487 e. The van der Waals surface area contributed by atoms with Crippen molar-refractivity contribution in [3.63, 3.8) is 0 Å². The smallest absolute Gasteiger partial charge is 0.238 e. The fourth-order valence-electron chi connectivity index (χ4n) is 1.69. The Bertz CT molecular complexity index is 543. The number of hydrazine groups is 1. The second kappa shape index (κ2) is 6.51. The Morgan fingerprint density at radius 1 is 1.21 bits per heavy atom. The number of nitrogens with two attached hydrogens (primary N) is 1. The summed E-state index contributed by atoms with van der Waals surface area (Å²) in [7, 11) is 0. The molecule has 2 rings (SSSR count). The lowest BCUT2D eigenvalue weighted by atomic mass is 10.1. The number of aromatic nitrogens is 1. The molecule has 3 N–H and O–H groups in total. The quantitative estimate of drug-likeness (QED) is 0.479. The van der Waals surface area contributed by atoms with Crippen molar-refractivity contribution in [2.75, 3.05) is 0 Å². The first-order chi connectivity index (χ1) is 9.29. The van der Waals surface area contributed by atoms with E-state index >= 15 is 0 Å². The molecule has 0 spiro atoms. The molecule has 0 aliphatic carbocycles. The van der Waals surface area contributed by atoms with Crippen LogP contribution in [0.25, 0.3) is 0 Å². The summed E-state index contributed by atoms with van der Waals surface area (Å²) in [5, 5.41) is 0. The van der Waals surface area contributed by atoms with Gasteiger partial charge in [-0.25, -0.2) is 5.84 Å². The summed E-state index contributed by atoms with van der Waals surface area (Å²) in [4.78, 5) is 15.3. The van der Waals surface area contributed by atoms with Crippen LogP contribution in [0, 0.1) is 0 Å². The molecule has 98 valence electrons. The molecule has 1 heterocycles. The minimum absolute atomic E-state index is 0.228. The number of hydrogen-bond donors (Lipinski definition) is 2. The molecule has 0 aliphatic heterocycles. The summed E-state index contributed by atoms with van der Waals surface area (Å²) in [6, 6.07) is 11.2. The summed E-state index contributed by atoms with van der Waals surface area (Å²) >= 11 is 0. The van der Waals surface area contributed by atoms with Crippen molar-refractivity contribution < 1.29 is 9.53 Å². The Balaban J connectivity index is 2.05. The van der Waals surface area contributed by atoms with Crippen molar-refractivity contribution in [3.05, 3.63) is 59.9 Å². The molecule has 1 amide bonds. The maximum atomic E-state index is 11.3. The lowest BCUT2D eigenvalue weighted by Gasteiger charge is -2.10. The molecule has 2 aromatic rings. The van der Waals surface area contributed by atoms with Gasteiger partial charge in [0.25, 0.3) is 0 Å². The molecule has 5 heteroatoms. The fraction of sp³-hybridized carbons (Fsp3) is 0.143. The number of rotatable bonds is 5. The van der Waals surface area contributed by atoms with Crippen LogP contribution in [0.1, 0.15) is 11.1 Å². The summed E-state index contributed by atoms with van der Waals surface area (Å²) in [5.74, 6) is 5.56. The average molecular weight is 257 g/mol. The number of amides is 1.